The van der Waals surface area contributed by atoms with Gasteiger partial charge in [-0.3, -0.25) is 9.59 Å². The Morgan fingerprint density at radius 3 is 2.52 bits per heavy atom. The lowest BCUT2D eigenvalue weighted by atomic mass is 10.1. The van der Waals surface area contributed by atoms with Crippen LogP contribution in [0.4, 0.5) is 0 Å². The van der Waals surface area contributed by atoms with Gasteiger partial charge in [0.1, 0.15) is 17.7 Å². The second-order valence-corrected chi connectivity index (χ2v) is 9.21. The molecular weight excluding hydrogens is 432 g/mol. The average Bonchev–Trinajstić information content (AvgIpc) is 3.19. The van der Waals surface area contributed by atoms with Crippen molar-refractivity contribution in [3.63, 3.8) is 0 Å². The summed E-state index contributed by atoms with van der Waals surface area (Å²) in [6.45, 7) is 5.52. The number of aryl methyl sites for hydroxylation is 2. The fourth-order valence-corrected chi connectivity index (χ4v) is 4.91. The summed E-state index contributed by atoms with van der Waals surface area (Å²) in [6.07, 6.45) is 0. The van der Waals surface area contributed by atoms with Gasteiger partial charge in [-0.25, -0.2) is 0 Å². The molecule has 1 saturated heterocycles. The zero-order valence-corrected chi connectivity index (χ0v) is 19.7. The molecule has 0 bridgehead atoms. The zero-order valence-electron chi connectivity index (χ0n) is 18.9. The Hall–Kier alpha value is -3.25. The highest BCUT2D eigenvalue weighted by molar-refractivity contribution is 8.00. The van der Waals surface area contributed by atoms with Crippen molar-refractivity contribution < 1.29 is 14.3 Å². The van der Waals surface area contributed by atoms with E-state index in [2.05, 4.69) is 19.2 Å². The number of nitrogens with one attached hydrogen (secondary N) is 1. The molecule has 2 amide bonds. The Kier molecular flexibility index (Phi) is 7.35. The third kappa shape index (κ3) is 5.76. The summed E-state index contributed by atoms with van der Waals surface area (Å²) in [6, 6.07) is 23.5. The van der Waals surface area contributed by atoms with Gasteiger partial charge < -0.3 is 15.0 Å². The van der Waals surface area contributed by atoms with Crippen molar-refractivity contribution >= 4 is 23.6 Å². The van der Waals surface area contributed by atoms with Crippen molar-refractivity contribution in [2.45, 2.75) is 25.8 Å². The quantitative estimate of drug-likeness (QED) is 0.487. The standard InChI is InChI=1S/C27H28N2O3S/c1-19-8-13-24(16-20(19)2)32-15-14-28-26(31)22-9-11-23(12-10-22)27-29(25(30)18-33-27)17-21-6-4-3-5-7-21/h3-13,16,27H,14-15,17-18H2,1-2H3,(H,28,31). The van der Waals surface area contributed by atoms with Crippen molar-refractivity contribution in [3.8, 4) is 5.75 Å². The number of ether oxygens (including phenoxy) is 1. The van der Waals surface area contributed by atoms with Gasteiger partial charge in [-0.1, -0.05) is 48.5 Å². The molecule has 0 aliphatic carbocycles. The Balaban J connectivity index is 1.31. The Bertz CT molecular complexity index is 1120. The predicted octanol–water partition coefficient (Wildman–Crippen LogP) is 4.89. The van der Waals surface area contributed by atoms with Crippen LogP contribution < -0.4 is 10.1 Å². The number of rotatable bonds is 8. The van der Waals surface area contributed by atoms with Crippen LogP contribution in [0, 0.1) is 13.8 Å². The molecule has 0 saturated carbocycles. The Labute approximate surface area is 199 Å². The molecule has 3 aromatic carbocycles. The maximum atomic E-state index is 12.5. The van der Waals surface area contributed by atoms with Crippen LogP contribution in [0.3, 0.4) is 0 Å². The van der Waals surface area contributed by atoms with Crippen molar-refractivity contribution in [2.75, 3.05) is 18.9 Å². The second kappa shape index (κ2) is 10.6. The molecule has 1 N–H and O–H groups in total. The SMILES string of the molecule is Cc1ccc(OCCNC(=O)c2ccc(C3SCC(=O)N3Cc3ccccc3)cc2)cc1C. The molecule has 0 spiro atoms. The van der Waals surface area contributed by atoms with Gasteiger partial charge in [0.05, 0.1) is 12.3 Å². The van der Waals surface area contributed by atoms with Gasteiger partial charge in [-0.05, 0) is 60.4 Å². The van der Waals surface area contributed by atoms with E-state index in [0.29, 0.717) is 31.0 Å². The predicted molar refractivity (Wildman–Crippen MR) is 132 cm³/mol. The van der Waals surface area contributed by atoms with Gasteiger partial charge in [0, 0.05) is 12.1 Å². The van der Waals surface area contributed by atoms with E-state index in [4.69, 9.17) is 4.74 Å². The fourth-order valence-electron chi connectivity index (χ4n) is 3.72. The van der Waals surface area contributed by atoms with Crippen LogP contribution in [-0.2, 0) is 11.3 Å². The molecule has 5 nitrogen and oxygen atoms in total. The van der Waals surface area contributed by atoms with E-state index in [1.54, 1.807) is 11.8 Å². The molecule has 1 unspecified atom stereocenters. The molecule has 0 radical (unpaired) electrons. The van der Waals surface area contributed by atoms with E-state index >= 15 is 0 Å². The largest absolute Gasteiger partial charge is 0.492 e. The van der Waals surface area contributed by atoms with E-state index in [1.165, 1.54) is 11.1 Å². The third-order valence-corrected chi connectivity index (χ3v) is 7.01. The third-order valence-electron chi connectivity index (χ3n) is 5.76. The molecular formula is C27H28N2O3S. The first-order chi connectivity index (χ1) is 16.0. The van der Waals surface area contributed by atoms with Crippen LogP contribution in [0.15, 0.2) is 72.8 Å². The Morgan fingerprint density at radius 2 is 1.79 bits per heavy atom. The maximum absolute atomic E-state index is 12.5. The van der Waals surface area contributed by atoms with E-state index in [9.17, 15) is 9.59 Å². The summed E-state index contributed by atoms with van der Waals surface area (Å²) >= 11 is 1.62. The lowest BCUT2D eigenvalue weighted by molar-refractivity contribution is -0.128. The monoisotopic (exact) mass is 460 g/mol. The van der Waals surface area contributed by atoms with Gasteiger partial charge in [0.15, 0.2) is 0 Å². The van der Waals surface area contributed by atoms with Gasteiger partial charge in [-0.2, -0.15) is 0 Å². The summed E-state index contributed by atoms with van der Waals surface area (Å²) < 4.78 is 5.73. The first-order valence-electron chi connectivity index (χ1n) is 11.0. The molecule has 1 atom stereocenters. The summed E-state index contributed by atoms with van der Waals surface area (Å²) in [5, 5.41) is 2.86. The number of carbonyl (C=O) groups excluding carboxylic acids is 2. The highest BCUT2D eigenvalue weighted by Gasteiger charge is 2.32. The van der Waals surface area contributed by atoms with Crippen LogP contribution in [0.25, 0.3) is 0 Å². The summed E-state index contributed by atoms with van der Waals surface area (Å²) in [4.78, 5) is 26.9. The van der Waals surface area contributed by atoms with Gasteiger partial charge in [-0.15, -0.1) is 11.8 Å². The molecule has 1 aliphatic rings. The topological polar surface area (TPSA) is 58.6 Å². The van der Waals surface area contributed by atoms with Crippen LogP contribution in [0.2, 0.25) is 0 Å². The number of amides is 2. The lowest BCUT2D eigenvalue weighted by Crippen LogP contribution is -2.28. The van der Waals surface area contributed by atoms with Gasteiger partial charge in [0.25, 0.3) is 5.91 Å². The Morgan fingerprint density at radius 1 is 1.03 bits per heavy atom. The van der Waals surface area contributed by atoms with Crippen LogP contribution in [0.1, 0.15) is 38.0 Å². The summed E-state index contributed by atoms with van der Waals surface area (Å²) in [5.41, 5.74) is 5.13. The number of hydrogen-bond acceptors (Lipinski definition) is 4. The second-order valence-electron chi connectivity index (χ2n) is 8.14. The number of carbonyl (C=O) groups is 2. The van der Waals surface area contributed by atoms with Crippen molar-refractivity contribution in [1.82, 2.24) is 10.2 Å². The van der Waals surface area contributed by atoms with Crippen LogP contribution in [-0.4, -0.2) is 35.6 Å². The first kappa shape index (κ1) is 22.9. The maximum Gasteiger partial charge on any atom is 0.251 e. The normalized spacial score (nSPS) is 15.5. The average molecular weight is 461 g/mol. The molecule has 3 aromatic rings. The van der Waals surface area contributed by atoms with Crippen molar-refractivity contribution in [2.24, 2.45) is 0 Å². The first-order valence-corrected chi connectivity index (χ1v) is 12.1. The molecule has 1 heterocycles. The van der Waals surface area contributed by atoms with Crippen LogP contribution in [0.5, 0.6) is 5.75 Å². The van der Waals surface area contributed by atoms with E-state index in [0.717, 1.165) is 16.9 Å². The van der Waals surface area contributed by atoms with Crippen LogP contribution >= 0.6 is 11.8 Å². The number of hydrogen-bond donors (Lipinski definition) is 1. The van der Waals surface area contributed by atoms with Crippen molar-refractivity contribution in [3.05, 3.63) is 101 Å². The highest BCUT2D eigenvalue weighted by Crippen LogP contribution is 2.39. The number of benzene rings is 3. The molecule has 1 aliphatic heterocycles. The van der Waals surface area contributed by atoms with Gasteiger partial charge >= 0.3 is 0 Å². The zero-order chi connectivity index (χ0) is 23.2. The minimum absolute atomic E-state index is 0.0406. The molecule has 1 fully saturated rings. The number of thioether (sulfide) groups is 1. The molecule has 170 valence electrons. The van der Waals surface area contributed by atoms with E-state index in [1.807, 2.05) is 77.7 Å². The van der Waals surface area contributed by atoms with Gasteiger partial charge in [0.2, 0.25) is 5.91 Å². The fraction of sp³-hybridized carbons (Fsp3) is 0.259. The summed E-state index contributed by atoms with van der Waals surface area (Å²) in [7, 11) is 0. The minimum atomic E-state index is -0.137. The lowest BCUT2D eigenvalue weighted by Gasteiger charge is -2.24. The number of nitrogens with zero attached hydrogens (tertiary/aromatic N) is 1. The molecule has 4 rings (SSSR count). The minimum Gasteiger partial charge on any atom is -0.492 e. The molecule has 33 heavy (non-hydrogen) atoms. The van der Waals surface area contributed by atoms with Crippen molar-refractivity contribution in [1.29, 1.82) is 0 Å². The molecule has 6 heteroatoms. The summed E-state index contributed by atoms with van der Waals surface area (Å²) in [5.74, 6) is 1.28. The smallest absolute Gasteiger partial charge is 0.251 e. The van der Waals surface area contributed by atoms with E-state index < -0.39 is 0 Å². The molecule has 0 aromatic heterocycles. The highest BCUT2D eigenvalue weighted by atomic mass is 32.2. The van der Waals surface area contributed by atoms with E-state index in [-0.39, 0.29) is 17.2 Å².